The van der Waals surface area contributed by atoms with Crippen molar-refractivity contribution in [2.24, 2.45) is 7.05 Å². The van der Waals surface area contributed by atoms with E-state index in [1.54, 1.807) is 24.0 Å². The third-order valence-corrected chi connectivity index (χ3v) is 1.63. The molecule has 54 valence electrons. The van der Waals surface area contributed by atoms with Crippen molar-refractivity contribution in [3.05, 3.63) is 18.0 Å². The summed E-state index contributed by atoms with van der Waals surface area (Å²) in [4.78, 5) is 10.9. The van der Waals surface area contributed by atoms with Crippen LogP contribution < -0.4 is 0 Å². The topological polar surface area (TPSA) is 34.9 Å². The zero-order chi connectivity index (χ0) is 7.56. The largest absolute Gasteiger partial charge is 0.291 e. The molecule has 0 saturated heterocycles. The van der Waals surface area contributed by atoms with E-state index in [-0.39, 0.29) is 5.78 Å². The summed E-state index contributed by atoms with van der Waals surface area (Å²) in [6, 6.07) is 1.70. The van der Waals surface area contributed by atoms with Crippen molar-refractivity contribution in [1.29, 1.82) is 0 Å². The van der Waals surface area contributed by atoms with Gasteiger partial charge in [0, 0.05) is 13.2 Å². The molecule has 1 heterocycles. The zero-order valence-corrected chi connectivity index (χ0v) is 7.13. The van der Waals surface area contributed by atoms with Gasteiger partial charge in [0.2, 0.25) is 0 Å². The molecule has 0 atom stereocenters. The van der Waals surface area contributed by atoms with E-state index in [1.807, 2.05) is 0 Å². The molecule has 0 aliphatic carbocycles. The fourth-order valence-corrected chi connectivity index (χ4v) is 0.919. The number of carbonyl (C=O) groups is 1. The summed E-state index contributed by atoms with van der Waals surface area (Å²) in [6.07, 6.45) is 1.75. The standard InChI is InChI=1S/C6H7BrN2O/c1-9-3-2-5(8-9)6(10)4-7/h2-3H,4H2,1H3. The molecular formula is C6H7BrN2O. The van der Waals surface area contributed by atoms with Gasteiger partial charge in [-0.15, -0.1) is 0 Å². The van der Waals surface area contributed by atoms with Crippen molar-refractivity contribution >= 4 is 21.7 Å². The van der Waals surface area contributed by atoms with E-state index in [0.29, 0.717) is 11.0 Å². The number of aromatic nitrogens is 2. The predicted octanol–water partition coefficient (Wildman–Crippen LogP) is 0.998. The van der Waals surface area contributed by atoms with Crippen LogP contribution in [0.3, 0.4) is 0 Å². The Kier molecular flexibility index (Phi) is 2.21. The molecule has 10 heavy (non-hydrogen) atoms. The first-order valence-electron chi connectivity index (χ1n) is 2.83. The van der Waals surface area contributed by atoms with E-state index in [9.17, 15) is 4.79 Å². The molecule has 0 N–H and O–H groups in total. The van der Waals surface area contributed by atoms with Gasteiger partial charge in [-0.3, -0.25) is 9.48 Å². The molecule has 0 radical (unpaired) electrons. The predicted molar refractivity (Wildman–Crippen MR) is 41.3 cm³/mol. The molecule has 0 unspecified atom stereocenters. The summed E-state index contributed by atoms with van der Waals surface area (Å²) >= 11 is 3.06. The summed E-state index contributed by atoms with van der Waals surface area (Å²) < 4.78 is 1.61. The third kappa shape index (κ3) is 1.44. The van der Waals surface area contributed by atoms with Crippen molar-refractivity contribution in [3.8, 4) is 0 Å². The minimum Gasteiger partial charge on any atom is -0.291 e. The highest BCUT2D eigenvalue weighted by molar-refractivity contribution is 9.09. The molecule has 1 rings (SSSR count). The van der Waals surface area contributed by atoms with Crippen LogP contribution in [0.4, 0.5) is 0 Å². The van der Waals surface area contributed by atoms with Crippen LogP contribution >= 0.6 is 15.9 Å². The minimum atomic E-state index is 0.0144. The summed E-state index contributed by atoms with van der Waals surface area (Å²) in [5, 5.41) is 4.26. The third-order valence-electron chi connectivity index (χ3n) is 1.12. The molecule has 1 aromatic heterocycles. The Morgan fingerprint density at radius 3 is 3.00 bits per heavy atom. The van der Waals surface area contributed by atoms with Crippen molar-refractivity contribution < 1.29 is 4.79 Å². The lowest BCUT2D eigenvalue weighted by molar-refractivity contribution is 0.101. The van der Waals surface area contributed by atoms with E-state index < -0.39 is 0 Å². The second kappa shape index (κ2) is 2.96. The molecule has 0 aromatic carbocycles. The van der Waals surface area contributed by atoms with Crippen LogP contribution in [0, 0.1) is 0 Å². The number of aryl methyl sites for hydroxylation is 1. The number of halogens is 1. The zero-order valence-electron chi connectivity index (χ0n) is 5.54. The number of hydrogen-bond donors (Lipinski definition) is 0. The number of nitrogens with zero attached hydrogens (tertiary/aromatic N) is 2. The molecule has 0 aliphatic heterocycles. The van der Waals surface area contributed by atoms with Crippen LogP contribution in [0.1, 0.15) is 10.5 Å². The van der Waals surface area contributed by atoms with Crippen LogP contribution in [0.5, 0.6) is 0 Å². The quantitative estimate of drug-likeness (QED) is 0.530. The molecular weight excluding hydrogens is 196 g/mol. The Bertz CT molecular complexity index is 244. The Balaban J connectivity index is 2.85. The lowest BCUT2D eigenvalue weighted by atomic mass is 10.3. The number of rotatable bonds is 2. The van der Waals surface area contributed by atoms with Crippen molar-refractivity contribution in [3.63, 3.8) is 0 Å². The average Bonchev–Trinajstić information content (AvgIpc) is 2.34. The van der Waals surface area contributed by atoms with Gasteiger partial charge in [0.1, 0.15) is 5.69 Å². The Hall–Kier alpha value is -0.640. The maximum absolute atomic E-state index is 10.9. The summed E-state index contributed by atoms with van der Waals surface area (Å²) in [7, 11) is 1.78. The van der Waals surface area contributed by atoms with Crippen LogP contribution in [-0.2, 0) is 7.05 Å². The van der Waals surface area contributed by atoms with Crippen LogP contribution in [0.2, 0.25) is 0 Å². The van der Waals surface area contributed by atoms with Gasteiger partial charge in [0.25, 0.3) is 0 Å². The molecule has 0 aliphatic rings. The Morgan fingerprint density at radius 1 is 1.90 bits per heavy atom. The lowest BCUT2D eigenvalue weighted by Gasteiger charge is -1.87. The molecule has 0 fully saturated rings. The van der Waals surface area contributed by atoms with Gasteiger partial charge in [-0.25, -0.2) is 0 Å². The average molecular weight is 203 g/mol. The van der Waals surface area contributed by atoms with E-state index in [1.165, 1.54) is 0 Å². The second-order valence-corrected chi connectivity index (χ2v) is 2.49. The summed E-state index contributed by atoms with van der Waals surface area (Å²) in [5.41, 5.74) is 0.513. The van der Waals surface area contributed by atoms with E-state index in [0.717, 1.165) is 0 Å². The van der Waals surface area contributed by atoms with Gasteiger partial charge < -0.3 is 0 Å². The fourth-order valence-electron chi connectivity index (χ4n) is 0.632. The number of ketones is 1. The van der Waals surface area contributed by atoms with Gasteiger partial charge in [-0.2, -0.15) is 5.10 Å². The highest BCUT2D eigenvalue weighted by atomic mass is 79.9. The number of carbonyl (C=O) groups excluding carboxylic acids is 1. The minimum absolute atomic E-state index is 0.0144. The number of alkyl halides is 1. The summed E-state index contributed by atoms with van der Waals surface area (Å²) in [6.45, 7) is 0. The molecule has 4 heteroatoms. The van der Waals surface area contributed by atoms with E-state index in [2.05, 4.69) is 21.0 Å². The lowest BCUT2D eigenvalue weighted by Crippen LogP contribution is -2.01. The smallest absolute Gasteiger partial charge is 0.193 e. The SMILES string of the molecule is Cn1ccc(C(=O)CBr)n1. The monoisotopic (exact) mass is 202 g/mol. The first kappa shape index (κ1) is 7.47. The van der Waals surface area contributed by atoms with Crippen LogP contribution in [-0.4, -0.2) is 20.9 Å². The number of hydrogen-bond acceptors (Lipinski definition) is 2. The normalized spacial score (nSPS) is 9.80. The van der Waals surface area contributed by atoms with E-state index in [4.69, 9.17) is 0 Å². The molecule has 3 nitrogen and oxygen atoms in total. The van der Waals surface area contributed by atoms with Gasteiger partial charge >= 0.3 is 0 Å². The maximum Gasteiger partial charge on any atom is 0.193 e. The first-order chi connectivity index (χ1) is 4.74. The molecule has 0 saturated carbocycles. The van der Waals surface area contributed by atoms with Gasteiger partial charge in [-0.05, 0) is 6.07 Å². The Morgan fingerprint density at radius 2 is 2.60 bits per heavy atom. The first-order valence-corrected chi connectivity index (χ1v) is 3.95. The molecule has 0 bridgehead atoms. The maximum atomic E-state index is 10.9. The molecule has 1 aromatic rings. The van der Waals surface area contributed by atoms with Crippen molar-refractivity contribution in [1.82, 2.24) is 9.78 Å². The van der Waals surface area contributed by atoms with E-state index >= 15 is 0 Å². The number of Topliss-reactive ketones (excluding diaryl/α,β-unsaturated/α-hetero) is 1. The highest BCUT2D eigenvalue weighted by Crippen LogP contribution is 1.97. The summed E-state index contributed by atoms with van der Waals surface area (Å²) in [5.74, 6) is 0.0144. The van der Waals surface area contributed by atoms with Crippen molar-refractivity contribution in [2.45, 2.75) is 0 Å². The molecule has 0 amide bonds. The van der Waals surface area contributed by atoms with Crippen molar-refractivity contribution in [2.75, 3.05) is 5.33 Å². The Labute approximate surface area is 67.2 Å². The highest BCUT2D eigenvalue weighted by Gasteiger charge is 2.04. The second-order valence-electron chi connectivity index (χ2n) is 1.93. The van der Waals surface area contributed by atoms with Gasteiger partial charge in [0.15, 0.2) is 5.78 Å². The van der Waals surface area contributed by atoms with Crippen LogP contribution in [0.15, 0.2) is 12.3 Å². The van der Waals surface area contributed by atoms with Gasteiger partial charge in [0.05, 0.1) is 5.33 Å². The molecule has 0 spiro atoms. The van der Waals surface area contributed by atoms with Crippen LogP contribution in [0.25, 0.3) is 0 Å². The fraction of sp³-hybridized carbons (Fsp3) is 0.333. The van der Waals surface area contributed by atoms with Gasteiger partial charge in [-0.1, -0.05) is 15.9 Å².